The summed E-state index contributed by atoms with van der Waals surface area (Å²) in [5.74, 6) is 0. The third-order valence-corrected chi connectivity index (χ3v) is 0.897. The van der Waals surface area contributed by atoms with Gasteiger partial charge in [0, 0.05) is 12.4 Å². The van der Waals surface area contributed by atoms with Crippen molar-refractivity contribution in [2.75, 3.05) is 0 Å². The van der Waals surface area contributed by atoms with E-state index in [-0.39, 0.29) is 0 Å². The fourth-order valence-electron chi connectivity index (χ4n) is 0.321. The molecule has 1 aromatic heterocycles. The highest BCUT2D eigenvalue weighted by Crippen LogP contribution is 1.71. The van der Waals surface area contributed by atoms with Crippen molar-refractivity contribution in [2.24, 2.45) is 0 Å². The predicted molar refractivity (Wildman–Crippen MR) is 29.8 cm³/mol. The molecule has 0 saturated carbocycles. The van der Waals surface area contributed by atoms with E-state index in [1.165, 1.54) is 6.69 Å². The number of aromatic nitrogens is 2. The number of nitrogens with zero attached hydrogens (tertiary/aromatic N) is 1. The molecule has 0 bridgehead atoms. The Hall–Kier alpha value is -0.435. The molecule has 1 N–H and O–H groups in total. The molecule has 0 spiro atoms. The summed E-state index contributed by atoms with van der Waals surface area (Å²) in [6.45, 7) is 1.46. The van der Waals surface area contributed by atoms with Gasteiger partial charge in [-0.1, -0.05) is 0 Å². The van der Waals surface area contributed by atoms with E-state index in [1.807, 2.05) is 0 Å². The summed E-state index contributed by atoms with van der Waals surface area (Å²) in [7, 11) is 0. The Bertz CT molecular complexity index is 127. The van der Waals surface area contributed by atoms with E-state index in [0.29, 0.717) is 0 Å². The fourth-order valence-corrected chi connectivity index (χ4v) is 0.440. The summed E-state index contributed by atoms with van der Waals surface area (Å²) >= 11 is 5.28. The normalized spacial score (nSPS) is 8.71. The first-order valence-corrected chi connectivity index (χ1v) is 2.29. The lowest BCUT2D eigenvalue weighted by Gasteiger charge is -1.71. The van der Waals surface area contributed by atoms with Crippen LogP contribution in [0.25, 0.3) is 0 Å². The SMILES string of the molecule is Cl[B]c1cn[nH]c1. The third-order valence-electron chi connectivity index (χ3n) is 0.645. The quantitative estimate of drug-likeness (QED) is 0.506. The predicted octanol–water partition coefficient (Wildman–Crippen LogP) is -0.107. The number of H-pyrrole nitrogens is 1. The maximum absolute atomic E-state index is 5.28. The maximum Gasteiger partial charge on any atom is 0.279 e. The molecule has 4 heteroatoms. The second-order valence-corrected chi connectivity index (χ2v) is 1.36. The second-order valence-electron chi connectivity index (χ2n) is 1.14. The van der Waals surface area contributed by atoms with Crippen LogP contribution in [-0.2, 0) is 0 Å². The molecule has 0 aliphatic carbocycles. The zero-order valence-corrected chi connectivity index (χ0v) is 4.31. The van der Waals surface area contributed by atoms with Gasteiger partial charge in [0.25, 0.3) is 6.69 Å². The zero-order chi connectivity index (χ0) is 5.11. The Morgan fingerprint density at radius 2 is 2.71 bits per heavy atom. The molecule has 0 saturated heterocycles. The van der Waals surface area contributed by atoms with Crippen LogP contribution in [0, 0.1) is 0 Å². The Kier molecular flexibility index (Phi) is 1.37. The lowest BCUT2D eigenvalue weighted by molar-refractivity contribution is 1.09. The van der Waals surface area contributed by atoms with Gasteiger partial charge in [0.1, 0.15) is 0 Å². The van der Waals surface area contributed by atoms with Crippen LogP contribution in [0.4, 0.5) is 0 Å². The molecule has 1 rings (SSSR count). The van der Waals surface area contributed by atoms with E-state index in [9.17, 15) is 0 Å². The number of hydrogen-bond donors (Lipinski definition) is 1. The molecule has 0 atom stereocenters. The summed E-state index contributed by atoms with van der Waals surface area (Å²) < 4.78 is 0. The molecule has 0 aliphatic heterocycles. The van der Waals surface area contributed by atoms with E-state index in [1.54, 1.807) is 12.4 Å². The van der Waals surface area contributed by atoms with E-state index in [2.05, 4.69) is 10.2 Å². The molecule has 0 aliphatic rings. The Morgan fingerprint density at radius 3 is 3.00 bits per heavy atom. The van der Waals surface area contributed by atoms with Crippen LogP contribution in [0.1, 0.15) is 0 Å². The van der Waals surface area contributed by atoms with Crippen LogP contribution < -0.4 is 5.46 Å². The highest BCUT2D eigenvalue weighted by Gasteiger charge is 1.88. The minimum Gasteiger partial charge on any atom is -0.286 e. The Morgan fingerprint density at radius 1 is 1.86 bits per heavy atom. The number of aromatic amines is 1. The first-order chi connectivity index (χ1) is 3.43. The minimum absolute atomic E-state index is 0.904. The van der Waals surface area contributed by atoms with Gasteiger partial charge in [0.05, 0.1) is 0 Å². The van der Waals surface area contributed by atoms with Crippen molar-refractivity contribution in [3.05, 3.63) is 12.4 Å². The monoisotopic (exact) mass is 113 g/mol. The molecule has 0 fully saturated rings. The average Bonchev–Trinajstić information content (AvgIpc) is 2.14. The van der Waals surface area contributed by atoms with Crippen molar-refractivity contribution in [2.45, 2.75) is 0 Å². The lowest BCUT2D eigenvalue weighted by atomic mass is 10.0. The molecular formula is C3H3BClN2. The van der Waals surface area contributed by atoms with Gasteiger partial charge in [-0.2, -0.15) is 16.6 Å². The number of rotatable bonds is 1. The summed E-state index contributed by atoms with van der Waals surface area (Å²) in [4.78, 5) is 0. The number of hydrogen-bond acceptors (Lipinski definition) is 1. The summed E-state index contributed by atoms with van der Waals surface area (Å²) in [5, 5.41) is 6.27. The smallest absolute Gasteiger partial charge is 0.279 e. The van der Waals surface area contributed by atoms with Gasteiger partial charge in [-0.05, 0) is 5.46 Å². The van der Waals surface area contributed by atoms with Crippen LogP contribution in [-0.4, -0.2) is 16.9 Å². The minimum atomic E-state index is 0.904. The van der Waals surface area contributed by atoms with E-state index < -0.39 is 0 Å². The van der Waals surface area contributed by atoms with Crippen molar-refractivity contribution in [1.29, 1.82) is 0 Å². The third kappa shape index (κ3) is 0.964. The molecule has 7 heavy (non-hydrogen) atoms. The van der Waals surface area contributed by atoms with Crippen molar-refractivity contribution >= 4 is 23.6 Å². The Labute approximate surface area is 47.0 Å². The van der Waals surface area contributed by atoms with E-state index in [0.717, 1.165) is 5.46 Å². The zero-order valence-electron chi connectivity index (χ0n) is 3.56. The first-order valence-electron chi connectivity index (χ1n) is 1.85. The van der Waals surface area contributed by atoms with E-state index in [4.69, 9.17) is 11.5 Å². The highest BCUT2D eigenvalue weighted by molar-refractivity contribution is 7.01. The molecule has 1 aromatic rings. The van der Waals surface area contributed by atoms with Gasteiger partial charge in [0.15, 0.2) is 0 Å². The van der Waals surface area contributed by atoms with Crippen molar-refractivity contribution in [3.63, 3.8) is 0 Å². The number of halogens is 1. The lowest BCUT2D eigenvalue weighted by Crippen LogP contribution is -2.02. The fraction of sp³-hybridized carbons (Fsp3) is 0. The van der Waals surface area contributed by atoms with Crippen LogP contribution in [0.15, 0.2) is 12.4 Å². The molecule has 0 amide bonds. The van der Waals surface area contributed by atoms with Gasteiger partial charge in [0.2, 0.25) is 0 Å². The highest BCUT2D eigenvalue weighted by atomic mass is 35.5. The van der Waals surface area contributed by atoms with Gasteiger partial charge in [-0.25, -0.2) is 0 Å². The topological polar surface area (TPSA) is 28.7 Å². The van der Waals surface area contributed by atoms with Gasteiger partial charge in [-0.15, -0.1) is 0 Å². The molecule has 1 radical (unpaired) electrons. The van der Waals surface area contributed by atoms with Gasteiger partial charge >= 0.3 is 0 Å². The molecule has 0 aromatic carbocycles. The first kappa shape index (κ1) is 4.72. The average molecular weight is 113 g/mol. The molecule has 1 heterocycles. The van der Waals surface area contributed by atoms with Crippen LogP contribution >= 0.6 is 11.5 Å². The van der Waals surface area contributed by atoms with Gasteiger partial charge < -0.3 is 0 Å². The van der Waals surface area contributed by atoms with Crippen LogP contribution in [0.3, 0.4) is 0 Å². The van der Waals surface area contributed by atoms with Crippen LogP contribution in [0.2, 0.25) is 0 Å². The summed E-state index contributed by atoms with van der Waals surface area (Å²) in [6.07, 6.45) is 3.36. The van der Waals surface area contributed by atoms with Gasteiger partial charge in [-0.3, -0.25) is 5.10 Å². The summed E-state index contributed by atoms with van der Waals surface area (Å²) in [6, 6.07) is 0. The molecule has 0 unspecified atom stereocenters. The summed E-state index contributed by atoms with van der Waals surface area (Å²) in [5.41, 5.74) is 0.904. The standard InChI is InChI=1S/C3H3BClN2/c5-4-3-1-6-7-2-3/h1-2H,(H,6,7). The maximum atomic E-state index is 5.28. The molecule has 35 valence electrons. The molecule has 2 nitrogen and oxygen atoms in total. The Balaban J connectivity index is 2.76. The van der Waals surface area contributed by atoms with Crippen LogP contribution in [0.5, 0.6) is 0 Å². The van der Waals surface area contributed by atoms with Crippen molar-refractivity contribution in [1.82, 2.24) is 10.2 Å². The van der Waals surface area contributed by atoms with Crippen molar-refractivity contribution in [3.8, 4) is 0 Å². The van der Waals surface area contributed by atoms with Crippen molar-refractivity contribution < 1.29 is 0 Å². The number of nitrogens with one attached hydrogen (secondary N) is 1. The second kappa shape index (κ2) is 2.03. The van der Waals surface area contributed by atoms with E-state index >= 15 is 0 Å². The molecular weight excluding hydrogens is 110 g/mol. The largest absolute Gasteiger partial charge is 0.286 e.